The lowest BCUT2D eigenvalue weighted by Gasteiger charge is -2.08. The van der Waals surface area contributed by atoms with Crippen LogP contribution in [0.3, 0.4) is 0 Å². The molecule has 5 heteroatoms. The summed E-state index contributed by atoms with van der Waals surface area (Å²) in [6.45, 7) is 4.75. The van der Waals surface area contributed by atoms with Crippen molar-refractivity contribution in [2.75, 3.05) is 17.6 Å². The predicted molar refractivity (Wildman–Crippen MR) is 72.8 cm³/mol. The van der Waals surface area contributed by atoms with Gasteiger partial charge in [0.15, 0.2) is 9.84 Å². The van der Waals surface area contributed by atoms with Crippen molar-refractivity contribution >= 4 is 27.9 Å². The Kier molecular flexibility index (Phi) is 4.44. The monoisotopic (exact) mass is 275 g/mol. The van der Waals surface area contributed by atoms with E-state index in [0.717, 1.165) is 24.2 Å². The SMILES string of the molecule is CC(C)CS(=O)(=O)c1ccc2c(c1)CCN2.Cl. The molecule has 0 radical (unpaired) electrons. The molecule has 0 fully saturated rings. The third kappa shape index (κ3) is 3.13. The van der Waals surface area contributed by atoms with E-state index in [9.17, 15) is 8.42 Å². The van der Waals surface area contributed by atoms with Crippen LogP contribution in [0.15, 0.2) is 23.1 Å². The standard InChI is InChI=1S/C12H17NO2S.ClH/c1-9(2)8-16(14,15)11-3-4-12-10(7-11)5-6-13-12;/h3-4,7,9,13H,5-6,8H2,1-2H3;1H. The first-order chi connectivity index (χ1) is 7.49. The second-order valence-electron chi connectivity index (χ2n) is 4.67. The smallest absolute Gasteiger partial charge is 0.178 e. The number of fused-ring (bicyclic) bond motifs is 1. The van der Waals surface area contributed by atoms with E-state index in [-0.39, 0.29) is 24.1 Å². The first-order valence-electron chi connectivity index (χ1n) is 5.58. The number of nitrogens with one attached hydrogen (secondary N) is 1. The lowest BCUT2D eigenvalue weighted by molar-refractivity contribution is 0.582. The van der Waals surface area contributed by atoms with E-state index in [2.05, 4.69) is 5.32 Å². The minimum Gasteiger partial charge on any atom is -0.384 e. The largest absolute Gasteiger partial charge is 0.384 e. The maximum absolute atomic E-state index is 12.0. The highest BCUT2D eigenvalue weighted by molar-refractivity contribution is 7.91. The van der Waals surface area contributed by atoms with Crippen LogP contribution < -0.4 is 5.32 Å². The molecule has 0 atom stereocenters. The molecule has 96 valence electrons. The molecule has 1 heterocycles. The molecule has 17 heavy (non-hydrogen) atoms. The van der Waals surface area contributed by atoms with Crippen LogP contribution in [0.1, 0.15) is 19.4 Å². The molecule has 0 aromatic heterocycles. The van der Waals surface area contributed by atoms with Gasteiger partial charge < -0.3 is 5.32 Å². The van der Waals surface area contributed by atoms with E-state index in [1.165, 1.54) is 0 Å². The summed E-state index contributed by atoms with van der Waals surface area (Å²) in [5, 5.41) is 3.22. The minimum absolute atomic E-state index is 0. The van der Waals surface area contributed by atoms with Crippen molar-refractivity contribution in [3.8, 4) is 0 Å². The third-order valence-corrected chi connectivity index (χ3v) is 4.78. The Balaban J connectivity index is 0.00000144. The molecular formula is C12H18ClNO2S. The lowest BCUT2D eigenvalue weighted by atomic mass is 10.2. The first kappa shape index (κ1) is 14.3. The summed E-state index contributed by atoms with van der Waals surface area (Å²) >= 11 is 0. The summed E-state index contributed by atoms with van der Waals surface area (Å²) in [5.74, 6) is 0.385. The van der Waals surface area contributed by atoms with Gasteiger partial charge in [0.05, 0.1) is 10.6 Å². The molecule has 0 bridgehead atoms. The molecule has 3 nitrogen and oxygen atoms in total. The van der Waals surface area contributed by atoms with E-state index in [4.69, 9.17) is 0 Å². The van der Waals surface area contributed by atoms with Crippen LogP contribution in [0.25, 0.3) is 0 Å². The molecule has 0 saturated heterocycles. The second-order valence-corrected chi connectivity index (χ2v) is 6.71. The summed E-state index contributed by atoms with van der Waals surface area (Å²) < 4.78 is 24.0. The van der Waals surface area contributed by atoms with Gasteiger partial charge in [0, 0.05) is 12.2 Å². The Morgan fingerprint density at radius 3 is 2.71 bits per heavy atom. The highest BCUT2D eigenvalue weighted by Crippen LogP contribution is 2.26. The van der Waals surface area contributed by atoms with Gasteiger partial charge >= 0.3 is 0 Å². The van der Waals surface area contributed by atoms with Gasteiger partial charge in [-0.3, -0.25) is 0 Å². The van der Waals surface area contributed by atoms with Gasteiger partial charge in [-0.25, -0.2) is 8.42 Å². The lowest BCUT2D eigenvalue weighted by Crippen LogP contribution is -2.12. The van der Waals surface area contributed by atoms with E-state index >= 15 is 0 Å². The van der Waals surface area contributed by atoms with Crippen LogP contribution in [0, 0.1) is 5.92 Å². The van der Waals surface area contributed by atoms with Gasteiger partial charge in [-0.1, -0.05) is 13.8 Å². The number of hydrogen-bond acceptors (Lipinski definition) is 3. The number of sulfone groups is 1. The van der Waals surface area contributed by atoms with Crippen LogP contribution in [0.4, 0.5) is 5.69 Å². The molecule has 0 saturated carbocycles. The van der Waals surface area contributed by atoms with Crippen LogP contribution in [0.2, 0.25) is 0 Å². The maximum Gasteiger partial charge on any atom is 0.178 e. The zero-order valence-electron chi connectivity index (χ0n) is 10.1. The third-order valence-electron chi connectivity index (χ3n) is 2.70. The quantitative estimate of drug-likeness (QED) is 0.922. The van der Waals surface area contributed by atoms with Crippen molar-refractivity contribution in [2.24, 2.45) is 5.92 Å². The number of anilines is 1. The van der Waals surface area contributed by atoms with Crippen molar-refractivity contribution in [1.82, 2.24) is 0 Å². The van der Waals surface area contributed by atoms with Crippen LogP contribution in [0.5, 0.6) is 0 Å². The first-order valence-corrected chi connectivity index (χ1v) is 7.24. The molecule has 0 amide bonds. The molecular weight excluding hydrogens is 258 g/mol. The molecule has 1 aliphatic rings. The summed E-state index contributed by atoms with van der Waals surface area (Å²) in [6.07, 6.45) is 0.917. The van der Waals surface area contributed by atoms with Gasteiger partial charge in [0.25, 0.3) is 0 Å². The molecule has 1 aromatic carbocycles. The van der Waals surface area contributed by atoms with E-state index in [1.54, 1.807) is 6.07 Å². The fourth-order valence-corrected chi connectivity index (χ4v) is 3.68. The molecule has 0 unspecified atom stereocenters. The van der Waals surface area contributed by atoms with Crippen LogP contribution in [-0.2, 0) is 16.3 Å². The fourth-order valence-electron chi connectivity index (χ4n) is 2.01. The predicted octanol–water partition coefficient (Wildman–Crippen LogP) is 2.51. The van der Waals surface area contributed by atoms with Crippen molar-refractivity contribution in [3.05, 3.63) is 23.8 Å². The van der Waals surface area contributed by atoms with Crippen molar-refractivity contribution in [2.45, 2.75) is 25.2 Å². The Morgan fingerprint density at radius 2 is 2.06 bits per heavy atom. The minimum atomic E-state index is -3.11. The Hall–Kier alpha value is -0.740. The van der Waals surface area contributed by atoms with Crippen LogP contribution in [-0.4, -0.2) is 20.7 Å². The Labute approximate surface area is 109 Å². The summed E-state index contributed by atoms with van der Waals surface area (Å²) in [6, 6.07) is 5.39. The number of rotatable bonds is 3. The molecule has 1 aromatic rings. The molecule has 0 aliphatic carbocycles. The number of halogens is 1. The van der Waals surface area contributed by atoms with E-state index < -0.39 is 9.84 Å². The van der Waals surface area contributed by atoms with Crippen molar-refractivity contribution in [3.63, 3.8) is 0 Å². The number of hydrogen-bond donors (Lipinski definition) is 1. The zero-order chi connectivity index (χ0) is 11.8. The van der Waals surface area contributed by atoms with E-state index in [1.807, 2.05) is 26.0 Å². The van der Waals surface area contributed by atoms with Crippen LogP contribution >= 0.6 is 12.4 Å². The summed E-state index contributed by atoms with van der Waals surface area (Å²) in [4.78, 5) is 0.462. The van der Waals surface area contributed by atoms with Crippen molar-refractivity contribution < 1.29 is 8.42 Å². The van der Waals surface area contributed by atoms with Gasteiger partial charge in [0.1, 0.15) is 0 Å². The highest BCUT2D eigenvalue weighted by Gasteiger charge is 2.19. The molecule has 1 aliphatic heterocycles. The average molecular weight is 276 g/mol. The molecule has 1 N–H and O–H groups in total. The van der Waals surface area contributed by atoms with Crippen molar-refractivity contribution in [1.29, 1.82) is 0 Å². The summed E-state index contributed by atoms with van der Waals surface area (Å²) in [5.41, 5.74) is 2.19. The zero-order valence-corrected chi connectivity index (χ0v) is 11.7. The Bertz CT molecular complexity index is 497. The van der Waals surface area contributed by atoms with Gasteiger partial charge in [0.2, 0.25) is 0 Å². The molecule has 2 rings (SSSR count). The number of benzene rings is 1. The van der Waals surface area contributed by atoms with Gasteiger partial charge in [-0.05, 0) is 36.1 Å². The topological polar surface area (TPSA) is 46.2 Å². The summed E-state index contributed by atoms with van der Waals surface area (Å²) in [7, 11) is -3.11. The van der Waals surface area contributed by atoms with Gasteiger partial charge in [-0.15, -0.1) is 12.4 Å². The van der Waals surface area contributed by atoms with Gasteiger partial charge in [-0.2, -0.15) is 0 Å². The highest BCUT2D eigenvalue weighted by atomic mass is 35.5. The molecule has 0 spiro atoms. The normalized spacial score (nSPS) is 14.1. The average Bonchev–Trinajstić information content (AvgIpc) is 2.61. The fraction of sp³-hybridized carbons (Fsp3) is 0.500. The van der Waals surface area contributed by atoms with E-state index in [0.29, 0.717) is 4.90 Å². The maximum atomic E-state index is 12.0. The second kappa shape index (κ2) is 5.27. The Morgan fingerprint density at radius 1 is 1.35 bits per heavy atom.